The molecule has 0 fully saturated rings. The van der Waals surface area contributed by atoms with E-state index >= 15 is 0 Å². The number of benzene rings is 2. The molecule has 0 aliphatic rings. The summed E-state index contributed by atoms with van der Waals surface area (Å²) in [6.07, 6.45) is 4.77. The number of hydrogen-bond donors (Lipinski definition) is 1. The summed E-state index contributed by atoms with van der Waals surface area (Å²) >= 11 is 1.47. The molecule has 5 nitrogen and oxygen atoms in total. The Labute approximate surface area is 177 Å². The van der Waals surface area contributed by atoms with Crippen LogP contribution in [0.5, 0.6) is 0 Å². The number of nitrogens with zero attached hydrogens (tertiary/aromatic N) is 2. The highest BCUT2D eigenvalue weighted by Crippen LogP contribution is 2.23. The molecule has 2 heterocycles. The van der Waals surface area contributed by atoms with Crippen LogP contribution in [-0.4, -0.2) is 15.9 Å². The highest BCUT2D eigenvalue weighted by molar-refractivity contribution is 7.15. The fourth-order valence-electron chi connectivity index (χ4n) is 3.05. The van der Waals surface area contributed by atoms with Crippen molar-refractivity contribution >= 4 is 22.4 Å². The molecule has 1 amide bonds. The Balaban J connectivity index is 1.29. The van der Waals surface area contributed by atoms with Crippen molar-refractivity contribution in [1.82, 2.24) is 9.97 Å². The van der Waals surface area contributed by atoms with Gasteiger partial charge >= 0.3 is 0 Å². The van der Waals surface area contributed by atoms with Gasteiger partial charge in [-0.15, -0.1) is 11.3 Å². The first-order chi connectivity index (χ1) is 14.5. The van der Waals surface area contributed by atoms with Gasteiger partial charge in [0.05, 0.1) is 6.20 Å². The number of anilines is 1. The van der Waals surface area contributed by atoms with Crippen molar-refractivity contribution in [3.63, 3.8) is 0 Å². The number of carbonyl (C=O) groups is 1. The van der Waals surface area contributed by atoms with Gasteiger partial charge in [-0.3, -0.25) is 4.79 Å². The van der Waals surface area contributed by atoms with Crippen molar-refractivity contribution in [3.05, 3.63) is 88.6 Å². The van der Waals surface area contributed by atoms with Crippen LogP contribution in [0.15, 0.2) is 65.3 Å². The molecule has 0 aliphatic carbocycles. The standard InChI is InChI=1S/C23H20FN3O2S/c1-15-3-2-4-16(11-15)12-19-13-26-23(30-19)27-21(28)9-10-22-25-14-20(29-22)17-5-7-18(24)8-6-17/h2-8,11,13-14H,9-10,12H2,1H3,(H,26,27,28). The number of oxazole rings is 1. The minimum Gasteiger partial charge on any atom is -0.441 e. The molecule has 0 saturated carbocycles. The number of aromatic nitrogens is 2. The van der Waals surface area contributed by atoms with Gasteiger partial charge in [0, 0.05) is 35.9 Å². The van der Waals surface area contributed by atoms with E-state index in [0.29, 0.717) is 23.2 Å². The Kier molecular flexibility index (Phi) is 5.99. The fraction of sp³-hybridized carbons (Fsp3) is 0.174. The predicted octanol–water partition coefficient (Wildman–Crippen LogP) is 5.41. The number of hydrogen-bond acceptors (Lipinski definition) is 5. The zero-order valence-corrected chi connectivity index (χ0v) is 17.2. The molecule has 2 aromatic heterocycles. The summed E-state index contributed by atoms with van der Waals surface area (Å²) in [6, 6.07) is 14.3. The molecule has 4 aromatic rings. The van der Waals surface area contributed by atoms with E-state index in [9.17, 15) is 9.18 Å². The van der Waals surface area contributed by atoms with Crippen molar-refractivity contribution in [3.8, 4) is 11.3 Å². The Morgan fingerprint density at radius 3 is 2.77 bits per heavy atom. The molecule has 4 rings (SSSR count). The summed E-state index contributed by atoms with van der Waals surface area (Å²) < 4.78 is 18.7. The molecule has 0 radical (unpaired) electrons. The van der Waals surface area contributed by atoms with E-state index in [1.807, 2.05) is 6.07 Å². The number of aryl methyl sites for hydroxylation is 2. The third kappa shape index (κ3) is 5.18. The summed E-state index contributed by atoms with van der Waals surface area (Å²) in [4.78, 5) is 21.8. The summed E-state index contributed by atoms with van der Waals surface area (Å²) in [6.45, 7) is 2.07. The van der Waals surface area contributed by atoms with Gasteiger partial charge < -0.3 is 9.73 Å². The summed E-state index contributed by atoms with van der Waals surface area (Å²) in [5.74, 6) is 0.558. The second kappa shape index (κ2) is 9.00. The lowest BCUT2D eigenvalue weighted by Crippen LogP contribution is -2.12. The Hall–Kier alpha value is -3.32. The second-order valence-electron chi connectivity index (χ2n) is 6.97. The first-order valence-corrected chi connectivity index (χ1v) is 10.4. The van der Waals surface area contributed by atoms with E-state index in [4.69, 9.17) is 4.42 Å². The molecule has 0 unspecified atom stereocenters. The molecule has 0 aliphatic heterocycles. The van der Waals surface area contributed by atoms with Crippen LogP contribution in [0.25, 0.3) is 11.3 Å². The fourth-order valence-corrected chi connectivity index (χ4v) is 3.91. The van der Waals surface area contributed by atoms with Crippen LogP contribution < -0.4 is 5.32 Å². The van der Waals surface area contributed by atoms with Gasteiger partial charge in [-0.1, -0.05) is 29.8 Å². The van der Waals surface area contributed by atoms with Gasteiger partial charge in [0.2, 0.25) is 5.91 Å². The molecule has 0 spiro atoms. The van der Waals surface area contributed by atoms with Gasteiger partial charge in [-0.2, -0.15) is 0 Å². The van der Waals surface area contributed by atoms with Gasteiger partial charge in [-0.05, 0) is 36.8 Å². The maximum Gasteiger partial charge on any atom is 0.226 e. The zero-order valence-electron chi connectivity index (χ0n) is 16.4. The van der Waals surface area contributed by atoms with E-state index in [-0.39, 0.29) is 18.1 Å². The molecular weight excluding hydrogens is 401 g/mol. The van der Waals surface area contributed by atoms with E-state index in [0.717, 1.165) is 16.9 Å². The van der Waals surface area contributed by atoms with Crippen LogP contribution in [0, 0.1) is 12.7 Å². The highest BCUT2D eigenvalue weighted by atomic mass is 32.1. The lowest BCUT2D eigenvalue weighted by molar-refractivity contribution is -0.116. The molecule has 1 N–H and O–H groups in total. The van der Waals surface area contributed by atoms with Crippen molar-refractivity contribution in [2.75, 3.05) is 5.32 Å². The van der Waals surface area contributed by atoms with Gasteiger partial charge in [0.15, 0.2) is 16.8 Å². The maximum atomic E-state index is 13.0. The number of thiazole rings is 1. The van der Waals surface area contributed by atoms with Gasteiger partial charge in [-0.25, -0.2) is 14.4 Å². The number of halogens is 1. The van der Waals surface area contributed by atoms with Crippen LogP contribution in [0.3, 0.4) is 0 Å². The molecule has 0 bridgehead atoms. The average molecular weight is 421 g/mol. The SMILES string of the molecule is Cc1cccc(Cc2cnc(NC(=O)CCc3ncc(-c4ccc(F)cc4)o3)s2)c1. The molecule has 30 heavy (non-hydrogen) atoms. The van der Waals surface area contributed by atoms with Gasteiger partial charge in [0.25, 0.3) is 0 Å². The minimum absolute atomic E-state index is 0.145. The topological polar surface area (TPSA) is 68.0 Å². The Morgan fingerprint density at radius 1 is 1.13 bits per heavy atom. The average Bonchev–Trinajstić information content (AvgIpc) is 3.37. The largest absolute Gasteiger partial charge is 0.441 e. The predicted molar refractivity (Wildman–Crippen MR) is 115 cm³/mol. The monoisotopic (exact) mass is 421 g/mol. The molecule has 0 saturated heterocycles. The van der Waals surface area contributed by atoms with E-state index in [1.54, 1.807) is 24.5 Å². The third-order valence-corrected chi connectivity index (χ3v) is 5.42. The van der Waals surface area contributed by atoms with Crippen molar-refractivity contribution in [2.45, 2.75) is 26.2 Å². The van der Waals surface area contributed by atoms with Crippen molar-refractivity contribution in [1.29, 1.82) is 0 Å². The molecular formula is C23H20FN3O2S. The van der Waals surface area contributed by atoms with Gasteiger partial charge in [0.1, 0.15) is 5.82 Å². The number of nitrogens with one attached hydrogen (secondary N) is 1. The molecule has 152 valence electrons. The van der Waals surface area contributed by atoms with Crippen LogP contribution in [0.4, 0.5) is 9.52 Å². The first-order valence-electron chi connectivity index (χ1n) is 9.56. The molecule has 0 atom stereocenters. The lowest BCUT2D eigenvalue weighted by atomic mass is 10.1. The van der Waals surface area contributed by atoms with Crippen LogP contribution in [-0.2, 0) is 17.6 Å². The lowest BCUT2D eigenvalue weighted by Gasteiger charge is -2.01. The van der Waals surface area contributed by atoms with Crippen LogP contribution in [0.2, 0.25) is 0 Å². The molecule has 7 heteroatoms. The first kappa shape index (κ1) is 20.0. The molecule has 2 aromatic carbocycles. The highest BCUT2D eigenvalue weighted by Gasteiger charge is 2.11. The quantitative estimate of drug-likeness (QED) is 0.433. The summed E-state index contributed by atoms with van der Waals surface area (Å²) in [5, 5.41) is 3.42. The number of rotatable bonds is 7. The second-order valence-corrected chi connectivity index (χ2v) is 8.09. The van der Waals surface area contributed by atoms with Crippen LogP contribution >= 0.6 is 11.3 Å². The van der Waals surface area contributed by atoms with E-state index in [2.05, 4.69) is 40.4 Å². The smallest absolute Gasteiger partial charge is 0.226 e. The minimum atomic E-state index is -0.306. The summed E-state index contributed by atoms with van der Waals surface area (Å²) in [5.41, 5.74) is 3.18. The van der Waals surface area contributed by atoms with Crippen molar-refractivity contribution in [2.24, 2.45) is 0 Å². The normalized spacial score (nSPS) is 10.9. The third-order valence-electron chi connectivity index (χ3n) is 4.51. The van der Waals surface area contributed by atoms with Crippen molar-refractivity contribution < 1.29 is 13.6 Å². The number of carbonyl (C=O) groups excluding carboxylic acids is 1. The maximum absolute atomic E-state index is 13.0. The number of amides is 1. The zero-order chi connectivity index (χ0) is 20.9. The van der Waals surface area contributed by atoms with E-state index < -0.39 is 0 Å². The Morgan fingerprint density at radius 2 is 1.97 bits per heavy atom. The Bertz CT molecular complexity index is 1150. The van der Waals surface area contributed by atoms with E-state index in [1.165, 1.54) is 34.6 Å². The van der Waals surface area contributed by atoms with Crippen LogP contribution in [0.1, 0.15) is 28.3 Å². The summed E-state index contributed by atoms with van der Waals surface area (Å²) in [7, 11) is 0.